The highest BCUT2D eigenvalue weighted by Gasteiger charge is 2.41. The van der Waals surface area contributed by atoms with Gasteiger partial charge in [-0.25, -0.2) is 40.7 Å². The molecule has 6 N–H and O–H groups in total. The quantitative estimate of drug-likeness (QED) is 0.0378. The van der Waals surface area contributed by atoms with E-state index >= 15 is 0 Å². The standard InChI is InChI=1S/C15H29NO3.2C14H26FNO3.C12H23FN2O.C11H22FNO2.C10H21NO.2C9H18FNO.C9H19NO/c1-12(2)18-11-15(6)7-9-16(10-8-15)13(17)19-14(3,4)5;1-11(2)18-10-14(15)6-8-16(9-7-14)12(17)19-13(3,4)5;1-10(2)18-12-7-9-16(8-6-11(12)15)13(17)19-14(3,4)5;1-10(2)16-9-12(13)4-6-15(7-5-12)8-11(3)14;1-10(2)15-9-11(12)3-5-13(6-4-11)7-8-14;1-9(2)12-8-10-4-6-11(3)7-5-10;1-7(2)12-9-4-6-11-5-3-8(9)10;1-7(2)12-9-4-3-5-11-6-8(9)10;1-8(2)11-9-4-3-6-10-7-5-9/h12H,7-11H2,1-6H3;11H,6-10H2,1-5H3;10-12H,6-9H2,1-5H3;10H,3-9,14H2,1-2H3;10,14H,3-9H2,1-2H3;9-10H,4-8H2,1-3H3;2*7-9,11H,3-6H2,1-2H3;8-10H,3-7H2,1-2H3. The number of aliphatic hydroxyl groups is 1. The highest BCUT2D eigenvalue weighted by Crippen LogP contribution is 2.35. The highest BCUT2D eigenvalue weighted by molar-refractivity contribution is 5.69. The van der Waals surface area contributed by atoms with Gasteiger partial charge in [0.2, 0.25) is 0 Å². The molecule has 26 nitrogen and oxygen atoms in total. The highest BCUT2D eigenvalue weighted by atomic mass is 19.2. The minimum atomic E-state index is -1.32. The third-order valence-corrected chi connectivity index (χ3v) is 23.5. The topological polar surface area (TPSA) is 264 Å². The first kappa shape index (κ1) is 129. The van der Waals surface area contributed by atoms with Gasteiger partial charge in [-0.15, -0.1) is 0 Å². The van der Waals surface area contributed by atoms with Crippen LogP contribution in [0.4, 0.5) is 40.7 Å². The molecule has 9 aliphatic rings. The molecule has 802 valence electrons. The van der Waals surface area contributed by atoms with E-state index in [0.717, 1.165) is 123 Å². The second-order valence-corrected chi connectivity index (χ2v) is 44.2. The van der Waals surface area contributed by atoms with E-state index in [0.29, 0.717) is 128 Å². The van der Waals surface area contributed by atoms with E-state index < -0.39 is 58.4 Å². The molecule has 32 heteroatoms. The van der Waals surface area contributed by atoms with Gasteiger partial charge in [0.25, 0.3) is 0 Å². The number of piperidine rings is 5. The molecule has 9 saturated heterocycles. The number of nitrogens with two attached hydrogens (primary N) is 1. The molecular weight excluding hydrogens is 1750 g/mol. The molecule has 9 fully saturated rings. The summed E-state index contributed by atoms with van der Waals surface area (Å²) in [6, 6.07) is 0. The first-order valence-corrected chi connectivity index (χ1v) is 51.7. The predicted octanol–water partition coefficient (Wildman–Crippen LogP) is 19.0. The van der Waals surface area contributed by atoms with Gasteiger partial charge in [-0.1, -0.05) is 13.5 Å². The number of likely N-dealkylation sites (tertiary alicyclic amines) is 6. The van der Waals surface area contributed by atoms with Crippen LogP contribution in [0.25, 0.3) is 0 Å². The first-order chi connectivity index (χ1) is 62.7. The van der Waals surface area contributed by atoms with Crippen molar-refractivity contribution < 1.29 is 103 Å². The number of aliphatic hydroxyl groups excluding tert-OH is 1. The molecule has 9 heterocycles. The fraction of sp³-hybridized carbons (Fsp3) is 0.951. The zero-order valence-corrected chi connectivity index (χ0v) is 90.4. The summed E-state index contributed by atoms with van der Waals surface area (Å²) in [5, 5.41) is 18.3. The molecular formula is C103H202F6N10O16. The molecule has 3 amide bonds. The summed E-state index contributed by atoms with van der Waals surface area (Å²) in [4.78, 5) is 47.3. The monoisotopic (exact) mass is 1950 g/mol. The van der Waals surface area contributed by atoms with Crippen LogP contribution in [0, 0.1) is 11.3 Å². The Balaban J connectivity index is 0.000000764. The second kappa shape index (κ2) is 67.8. The number of hydrogen-bond donors (Lipinski definition) is 5. The maximum Gasteiger partial charge on any atom is 0.410 e. The van der Waals surface area contributed by atoms with Gasteiger partial charge in [0.15, 0.2) is 0 Å². The van der Waals surface area contributed by atoms with Crippen molar-refractivity contribution in [1.29, 1.82) is 0 Å². The van der Waals surface area contributed by atoms with E-state index in [1.54, 1.807) is 9.80 Å². The molecule has 0 spiro atoms. The smallest absolute Gasteiger partial charge is 0.410 e. The lowest BCUT2D eigenvalue weighted by molar-refractivity contribution is -0.0488. The Bertz CT molecular complexity index is 2910. The molecule has 135 heavy (non-hydrogen) atoms. The minimum Gasteiger partial charge on any atom is -0.444 e. The van der Waals surface area contributed by atoms with Gasteiger partial charge in [0.05, 0.1) is 112 Å². The number of amides is 3. The summed E-state index contributed by atoms with van der Waals surface area (Å²) in [5.74, 6) is 0.809. The largest absolute Gasteiger partial charge is 0.444 e. The Morgan fingerprint density at radius 3 is 1.16 bits per heavy atom. The van der Waals surface area contributed by atoms with Gasteiger partial charge >= 0.3 is 18.3 Å². The average Bonchev–Trinajstić information content (AvgIpc) is 1.49. The Kier molecular flexibility index (Phi) is 64.9. The van der Waals surface area contributed by atoms with Crippen molar-refractivity contribution in [3.8, 4) is 0 Å². The number of rotatable bonds is 27. The number of carbonyl (C=O) groups is 3. The summed E-state index contributed by atoms with van der Waals surface area (Å²) in [6.07, 6.45) is 12.6. The van der Waals surface area contributed by atoms with Crippen LogP contribution >= 0.6 is 0 Å². The van der Waals surface area contributed by atoms with E-state index in [-0.39, 0.29) is 105 Å². The summed E-state index contributed by atoms with van der Waals surface area (Å²) in [5.41, 5.74) is 1.28. The third kappa shape index (κ3) is 66.0. The van der Waals surface area contributed by atoms with Crippen molar-refractivity contribution in [2.75, 3.05) is 178 Å². The number of carbonyl (C=O) groups excluding carboxylic acids is 3. The Hall–Kier alpha value is -3.71. The molecule has 0 aromatic carbocycles. The number of hydrogen-bond acceptors (Lipinski definition) is 23. The number of nitrogens with zero attached hydrogens (tertiary/aromatic N) is 6. The van der Waals surface area contributed by atoms with Crippen molar-refractivity contribution in [3.05, 3.63) is 12.3 Å². The maximum absolute atomic E-state index is 14.4. The first-order valence-electron chi connectivity index (χ1n) is 51.7. The molecule has 0 aromatic rings. The molecule has 7 unspecified atom stereocenters. The number of β-amino-alcohol motifs (C(OH)–C–C–N with tert-alkyl or cyclic N) is 1. The molecule has 0 bridgehead atoms. The molecule has 7 atom stereocenters. The van der Waals surface area contributed by atoms with Crippen molar-refractivity contribution in [2.45, 2.75) is 448 Å². The van der Waals surface area contributed by atoms with Crippen molar-refractivity contribution >= 4 is 18.3 Å². The van der Waals surface area contributed by atoms with Crippen molar-refractivity contribution in [2.24, 2.45) is 17.1 Å². The van der Waals surface area contributed by atoms with Gasteiger partial charge < -0.3 is 108 Å². The van der Waals surface area contributed by atoms with E-state index in [9.17, 15) is 40.7 Å². The lowest BCUT2D eigenvalue weighted by atomic mass is 9.81. The number of nitrogens with one attached hydrogen (secondary N) is 3. The van der Waals surface area contributed by atoms with Crippen LogP contribution in [0.15, 0.2) is 12.3 Å². The molecule has 0 aliphatic carbocycles. The normalized spacial score (nSPS) is 23.9. The second-order valence-electron chi connectivity index (χ2n) is 44.2. The zero-order chi connectivity index (χ0) is 103. The summed E-state index contributed by atoms with van der Waals surface area (Å²) >= 11 is 0. The lowest BCUT2D eigenvalue weighted by Gasteiger charge is -2.39. The maximum atomic E-state index is 14.4. The summed E-state index contributed by atoms with van der Waals surface area (Å²) in [6.45, 7) is 75.7. The number of alkyl halides is 6. The van der Waals surface area contributed by atoms with Gasteiger partial charge in [-0.3, -0.25) is 4.90 Å². The molecule has 0 saturated carbocycles. The fourth-order valence-corrected chi connectivity index (χ4v) is 15.7. The van der Waals surface area contributed by atoms with Crippen LogP contribution in [0.5, 0.6) is 0 Å². The molecule has 0 radical (unpaired) electrons. The van der Waals surface area contributed by atoms with Gasteiger partial charge in [-0.05, 0) is 360 Å². The van der Waals surface area contributed by atoms with E-state index in [1.165, 1.54) is 45.2 Å². The van der Waals surface area contributed by atoms with Crippen LogP contribution in [0.1, 0.15) is 316 Å². The number of ether oxygens (including phenoxy) is 12. The predicted molar refractivity (Wildman–Crippen MR) is 534 cm³/mol. The molecule has 9 aliphatic heterocycles. The van der Waals surface area contributed by atoms with Crippen molar-refractivity contribution in [3.63, 3.8) is 0 Å². The van der Waals surface area contributed by atoms with E-state index in [2.05, 4.69) is 92.7 Å². The fourth-order valence-electron chi connectivity index (χ4n) is 15.7. The summed E-state index contributed by atoms with van der Waals surface area (Å²) in [7, 11) is 2.19. The molecule has 0 aromatic heterocycles. The molecule has 9 rings (SSSR count). The van der Waals surface area contributed by atoms with E-state index in [1.807, 2.05) is 150 Å². The number of halogens is 6. The van der Waals surface area contributed by atoms with Crippen molar-refractivity contribution in [1.82, 2.24) is 45.3 Å². The van der Waals surface area contributed by atoms with Crippen LogP contribution in [0.2, 0.25) is 0 Å². The minimum absolute atomic E-state index is 0.00340. The average molecular weight is 1950 g/mol. The summed E-state index contributed by atoms with van der Waals surface area (Å²) < 4.78 is 149. The lowest BCUT2D eigenvalue weighted by Crippen LogP contribution is -2.48. The Morgan fingerprint density at radius 1 is 0.400 bits per heavy atom. The SMILES string of the molecule is C=C(N)CN1CCC(F)(COC(C)C)CC1.CC(C)OC1CCCNCC1.CC(C)OC1CCCNCC1F.CC(C)OC1CCN(C(=O)OC(C)(C)C)CCC1F.CC(C)OC1CCNCCC1F.CC(C)OCC1(C)CCN(C(=O)OC(C)(C)C)CC1.CC(C)OCC1(F)CCN(C(=O)OC(C)(C)C)CC1.CC(C)OCC1(F)CCN(CCO)CC1.CC(C)OCC1CCN(C)CC1. The van der Waals surface area contributed by atoms with E-state index in [4.69, 9.17) is 67.7 Å². The van der Waals surface area contributed by atoms with Gasteiger partial charge in [-0.2, -0.15) is 0 Å². The zero-order valence-electron chi connectivity index (χ0n) is 90.4. The van der Waals surface area contributed by atoms with Gasteiger partial charge in [0.1, 0.15) is 52.3 Å². The van der Waals surface area contributed by atoms with Crippen LogP contribution in [-0.2, 0) is 56.8 Å². The van der Waals surface area contributed by atoms with Crippen LogP contribution in [-0.4, -0.2) is 362 Å². The third-order valence-electron chi connectivity index (χ3n) is 23.5. The van der Waals surface area contributed by atoms with Crippen LogP contribution in [0.3, 0.4) is 0 Å². The Labute approximate surface area is 816 Å². The Morgan fingerprint density at radius 2 is 0.748 bits per heavy atom. The van der Waals surface area contributed by atoms with Crippen LogP contribution < -0.4 is 21.7 Å². The van der Waals surface area contributed by atoms with Gasteiger partial charge in [0, 0.05) is 110 Å².